The standard InChI is InChI=1S/C16H14BrClN2OS/c1-11(22-14-8-6-13(18)7-9-14)16(21)20-19-10-12-4-2-3-5-15(12)17/h2-11H,1H3,(H,20,21)/b19-10+. The van der Waals surface area contributed by atoms with Gasteiger partial charge in [-0.25, -0.2) is 5.43 Å². The average Bonchev–Trinajstić information content (AvgIpc) is 2.51. The summed E-state index contributed by atoms with van der Waals surface area (Å²) in [6.07, 6.45) is 1.61. The van der Waals surface area contributed by atoms with Crippen molar-refractivity contribution >= 4 is 51.4 Å². The minimum atomic E-state index is -0.252. The first-order valence-corrected chi connectivity index (χ1v) is 8.61. The van der Waals surface area contributed by atoms with Crippen LogP contribution in [0.5, 0.6) is 0 Å². The molecule has 0 spiro atoms. The Labute approximate surface area is 147 Å². The van der Waals surface area contributed by atoms with Crippen LogP contribution in [0.1, 0.15) is 12.5 Å². The molecule has 3 nitrogen and oxygen atoms in total. The molecule has 0 aliphatic rings. The molecule has 1 unspecified atom stereocenters. The Bertz CT molecular complexity index is 676. The van der Waals surface area contributed by atoms with Crippen LogP contribution in [0.3, 0.4) is 0 Å². The highest BCUT2D eigenvalue weighted by Gasteiger charge is 2.13. The largest absolute Gasteiger partial charge is 0.272 e. The van der Waals surface area contributed by atoms with Crippen molar-refractivity contribution in [2.45, 2.75) is 17.1 Å². The van der Waals surface area contributed by atoms with Gasteiger partial charge in [0.05, 0.1) is 11.5 Å². The summed E-state index contributed by atoms with van der Waals surface area (Å²) in [5, 5.41) is 4.42. The molecule has 0 saturated heterocycles. The summed E-state index contributed by atoms with van der Waals surface area (Å²) in [7, 11) is 0. The Kier molecular flexibility index (Phi) is 6.49. The molecule has 2 aromatic rings. The van der Waals surface area contributed by atoms with E-state index in [1.807, 2.05) is 43.3 Å². The number of hydrogen-bond acceptors (Lipinski definition) is 3. The zero-order chi connectivity index (χ0) is 15.9. The monoisotopic (exact) mass is 396 g/mol. The van der Waals surface area contributed by atoms with Crippen molar-refractivity contribution in [3.63, 3.8) is 0 Å². The number of rotatable bonds is 5. The quantitative estimate of drug-likeness (QED) is 0.450. The number of nitrogens with zero attached hydrogens (tertiary/aromatic N) is 1. The molecule has 0 heterocycles. The summed E-state index contributed by atoms with van der Waals surface area (Å²) >= 11 is 10.7. The minimum Gasteiger partial charge on any atom is -0.272 e. The summed E-state index contributed by atoms with van der Waals surface area (Å²) in [4.78, 5) is 13.0. The number of nitrogens with one attached hydrogen (secondary N) is 1. The van der Waals surface area contributed by atoms with E-state index >= 15 is 0 Å². The van der Waals surface area contributed by atoms with Crippen LogP contribution in [-0.4, -0.2) is 17.4 Å². The summed E-state index contributed by atoms with van der Waals surface area (Å²) in [6.45, 7) is 1.84. The Hall–Kier alpha value is -1.30. The lowest BCUT2D eigenvalue weighted by Crippen LogP contribution is -2.26. The zero-order valence-electron chi connectivity index (χ0n) is 11.8. The molecular formula is C16H14BrClN2OS. The van der Waals surface area contributed by atoms with Gasteiger partial charge in [0, 0.05) is 20.0 Å². The van der Waals surface area contributed by atoms with Crippen molar-refractivity contribution in [3.8, 4) is 0 Å². The molecule has 6 heteroatoms. The number of halogens is 2. The van der Waals surface area contributed by atoms with E-state index in [1.54, 1.807) is 18.3 Å². The van der Waals surface area contributed by atoms with Gasteiger partial charge in [-0.05, 0) is 37.3 Å². The highest BCUT2D eigenvalue weighted by molar-refractivity contribution is 9.10. The minimum absolute atomic E-state index is 0.150. The lowest BCUT2D eigenvalue weighted by Gasteiger charge is -2.09. The van der Waals surface area contributed by atoms with Gasteiger partial charge in [0.15, 0.2) is 0 Å². The summed E-state index contributed by atoms with van der Waals surface area (Å²) < 4.78 is 0.927. The molecule has 22 heavy (non-hydrogen) atoms. The molecule has 0 radical (unpaired) electrons. The number of benzene rings is 2. The van der Waals surface area contributed by atoms with Crippen LogP contribution >= 0.6 is 39.3 Å². The molecular weight excluding hydrogens is 384 g/mol. The van der Waals surface area contributed by atoms with Crippen LogP contribution in [0.25, 0.3) is 0 Å². The van der Waals surface area contributed by atoms with Gasteiger partial charge >= 0.3 is 0 Å². The summed E-state index contributed by atoms with van der Waals surface area (Å²) in [5.41, 5.74) is 3.46. The first-order chi connectivity index (χ1) is 10.6. The van der Waals surface area contributed by atoms with Gasteiger partial charge in [0.25, 0.3) is 5.91 Å². The first kappa shape index (κ1) is 17.1. The van der Waals surface area contributed by atoms with Crippen LogP contribution in [0.4, 0.5) is 0 Å². The number of hydrogen-bond donors (Lipinski definition) is 1. The van der Waals surface area contributed by atoms with E-state index in [-0.39, 0.29) is 11.2 Å². The van der Waals surface area contributed by atoms with Crippen LogP contribution < -0.4 is 5.43 Å². The topological polar surface area (TPSA) is 41.5 Å². The molecule has 0 bridgehead atoms. The fourth-order valence-electron chi connectivity index (χ4n) is 1.61. The van der Waals surface area contributed by atoms with E-state index < -0.39 is 0 Å². The Morgan fingerprint density at radius 2 is 1.95 bits per heavy atom. The van der Waals surface area contributed by atoms with E-state index in [2.05, 4.69) is 26.5 Å². The lowest BCUT2D eigenvalue weighted by molar-refractivity contribution is -0.120. The highest BCUT2D eigenvalue weighted by atomic mass is 79.9. The third-order valence-corrected chi connectivity index (χ3v) is 4.87. The van der Waals surface area contributed by atoms with Crippen LogP contribution in [0.15, 0.2) is 63.0 Å². The molecule has 0 aromatic heterocycles. The normalized spacial score (nSPS) is 12.3. The number of carbonyl (C=O) groups is 1. The molecule has 0 aliphatic carbocycles. The maximum Gasteiger partial charge on any atom is 0.253 e. The van der Waals surface area contributed by atoms with E-state index in [0.29, 0.717) is 5.02 Å². The fourth-order valence-corrected chi connectivity index (χ4v) is 2.98. The molecule has 0 fully saturated rings. The third kappa shape index (κ3) is 5.16. The SMILES string of the molecule is CC(Sc1ccc(Cl)cc1)C(=O)N/N=C/c1ccccc1Br. The van der Waals surface area contributed by atoms with Crippen molar-refractivity contribution in [3.05, 3.63) is 63.6 Å². The zero-order valence-corrected chi connectivity index (χ0v) is 15.0. The van der Waals surface area contributed by atoms with E-state index in [0.717, 1.165) is 14.9 Å². The molecule has 2 rings (SSSR count). The summed E-state index contributed by atoms with van der Waals surface area (Å²) in [5.74, 6) is -0.150. The third-order valence-electron chi connectivity index (χ3n) is 2.78. The predicted molar refractivity (Wildman–Crippen MR) is 96.6 cm³/mol. The number of amides is 1. The fraction of sp³-hybridized carbons (Fsp3) is 0.125. The molecule has 1 atom stereocenters. The van der Waals surface area contributed by atoms with Gasteiger partial charge in [-0.3, -0.25) is 4.79 Å². The Morgan fingerprint density at radius 1 is 1.27 bits per heavy atom. The average molecular weight is 398 g/mol. The second kappa shape index (κ2) is 8.36. The molecule has 0 saturated carbocycles. The maximum absolute atomic E-state index is 12.0. The Balaban J connectivity index is 1.89. The van der Waals surface area contributed by atoms with Crippen LogP contribution in [0, 0.1) is 0 Å². The Morgan fingerprint density at radius 3 is 2.64 bits per heavy atom. The van der Waals surface area contributed by atoms with Gasteiger partial charge in [-0.15, -0.1) is 11.8 Å². The smallest absolute Gasteiger partial charge is 0.253 e. The van der Waals surface area contributed by atoms with Crippen molar-refractivity contribution in [2.24, 2.45) is 5.10 Å². The van der Waals surface area contributed by atoms with Gasteiger partial charge < -0.3 is 0 Å². The van der Waals surface area contributed by atoms with Gasteiger partial charge in [-0.1, -0.05) is 45.7 Å². The van der Waals surface area contributed by atoms with Crippen LogP contribution in [0.2, 0.25) is 5.02 Å². The summed E-state index contributed by atoms with van der Waals surface area (Å²) in [6, 6.07) is 15.0. The second-order valence-electron chi connectivity index (χ2n) is 4.47. The maximum atomic E-state index is 12.0. The van der Waals surface area contributed by atoms with Crippen molar-refractivity contribution in [1.29, 1.82) is 0 Å². The number of carbonyl (C=O) groups excluding carboxylic acids is 1. The first-order valence-electron chi connectivity index (χ1n) is 6.56. The number of hydrazone groups is 1. The van der Waals surface area contributed by atoms with Crippen LogP contribution in [-0.2, 0) is 4.79 Å². The van der Waals surface area contributed by atoms with Gasteiger partial charge in [0.2, 0.25) is 0 Å². The predicted octanol–water partition coefficient (Wildman–Crippen LogP) is 4.73. The molecule has 0 aliphatic heterocycles. The molecule has 2 aromatic carbocycles. The van der Waals surface area contributed by atoms with Gasteiger partial charge in [-0.2, -0.15) is 5.10 Å². The van der Waals surface area contributed by atoms with Crippen molar-refractivity contribution in [2.75, 3.05) is 0 Å². The van der Waals surface area contributed by atoms with E-state index in [1.165, 1.54) is 11.8 Å². The van der Waals surface area contributed by atoms with E-state index in [4.69, 9.17) is 11.6 Å². The lowest BCUT2D eigenvalue weighted by atomic mass is 10.2. The van der Waals surface area contributed by atoms with E-state index in [9.17, 15) is 4.79 Å². The molecule has 1 amide bonds. The molecule has 114 valence electrons. The van der Waals surface area contributed by atoms with Gasteiger partial charge in [0.1, 0.15) is 0 Å². The second-order valence-corrected chi connectivity index (χ2v) is 7.17. The number of thioether (sulfide) groups is 1. The molecule has 1 N–H and O–H groups in total. The van der Waals surface area contributed by atoms with Crippen molar-refractivity contribution in [1.82, 2.24) is 5.43 Å². The highest BCUT2D eigenvalue weighted by Crippen LogP contribution is 2.24. The van der Waals surface area contributed by atoms with Crippen molar-refractivity contribution < 1.29 is 4.79 Å².